The van der Waals surface area contributed by atoms with Gasteiger partial charge in [0.2, 0.25) is 0 Å². The first-order valence-corrected chi connectivity index (χ1v) is 8.23. The summed E-state index contributed by atoms with van der Waals surface area (Å²) in [6.45, 7) is 7.56. The number of rotatable bonds is 6. The van der Waals surface area contributed by atoms with Crippen LogP contribution in [0.2, 0.25) is 0 Å². The van der Waals surface area contributed by atoms with E-state index in [1.165, 1.54) is 38.5 Å². The van der Waals surface area contributed by atoms with E-state index in [1.807, 2.05) is 0 Å². The van der Waals surface area contributed by atoms with Crippen LogP contribution >= 0.6 is 0 Å². The van der Waals surface area contributed by atoms with Crippen LogP contribution < -0.4 is 5.32 Å². The lowest BCUT2D eigenvalue weighted by Crippen LogP contribution is -2.39. The Bertz CT molecular complexity index is 276. The van der Waals surface area contributed by atoms with Crippen LogP contribution in [0.3, 0.4) is 0 Å². The molecule has 0 saturated heterocycles. The average molecular weight is 265 g/mol. The predicted octanol–water partition coefficient (Wildman–Crippen LogP) is 3.77. The van der Waals surface area contributed by atoms with Crippen molar-refractivity contribution in [1.82, 2.24) is 5.32 Å². The van der Waals surface area contributed by atoms with Gasteiger partial charge in [-0.1, -0.05) is 38.8 Å². The molecule has 0 amide bonds. The molecule has 2 heteroatoms. The summed E-state index contributed by atoms with van der Waals surface area (Å²) in [4.78, 5) is 0. The lowest BCUT2D eigenvalue weighted by molar-refractivity contribution is 0.0775. The molecule has 0 bridgehead atoms. The standard InChI is InChI=1S/C17H31NO/c1-14-7-3-5-9-16(14)13-19-12-11-18-17-10-6-4-8-15(17)2/h3,5,14-18H,4,6-13H2,1-2H3. The summed E-state index contributed by atoms with van der Waals surface area (Å²) in [6.07, 6.45) is 12.6. The maximum absolute atomic E-state index is 5.87. The van der Waals surface area contributed by atoms with Crippen LogP contribution in [0.5, 0.6) is 0 Å². The third-order valence-corrected chi connectivity index (χ3v) is 5.01. The molecule has 0 aromatic rings. The Balaban J connectivity index is 1.53. The van der Waals surface area contributed by atoms with Crippen molar-refractivity contribution in [3.05, 3.63) is 12.2 Å². The zero-order chi connectivity index (χ0) is 13.5. The smallest absolute Gasteiger partial charge is 0.0591 e. The molecule has 1 N–H and O–H groups in total. The van der Waals surface area contributed by atoms with Gasteiger partial charge >= 0.3 is 0 Å². The highest BCUT2D eigenvalue weighted by Crippen LogP contribution is 2.25. The topological polar surface area (TPSA) is 21.3 Å². The zero-order valence-corrected chi connectivity index (χ0v) is 12.7. The summed E-state index contributed by atoms with van der Waals surface area (Å²) in [7, 11) is 0. The van der Waals surface area contributed by atoms with E-state index in [-0.39, 0.29) is 0 Å². The van der Waals surface area contributed by atoms with Gasteiger partial charge in [-0.05, 0) is 43.4 Å². The second-order valence-electron chi connectivity index (χ2n) is 6.58. The summed E-state index contributed by atoms with van der Waals surface area (Å²) >= 11 is 0. The van der Waals surface area contributed by atoms with Crippen LogP contribution in [0.25, 0.3) is 0 Å². The molecule has 0 aliphatic heterocycles. The van der Waals surface area contributed by atoms with Gasteiger partial charge in [0.25, 0.3) is 0 Å². The van der Waals surface area contributed by atoms with Gasteiger partial charge in [-0.15, -0.1) is 0 Å². The van der Waals surface area contributed by atoms with Crippen molar-refractivity contribution in [1.29, 1.82) is 0 Å². The van der Waals surface area contributed by atoms with E-state index in [2.05, 4.69) is 31.3 Å². The minimum absolute atomic E-state index is 0.730. The Hall–Kier alpha value is -0.340. The molecule has 4 unspecified atom stereocenters. The molecule has 2 nitrogen and oxygen atoms in total. The molecule has 2 aliphatic rings. The highest BCUT2D eigenvalue weighted by atomic mass is 16.5. The molecular formula is C17H31NO. The van der Waals surface area contributed by atoms with Gasteiger partial charge in [0, 0.05) is 12.6 Å². The summed E-state index contributed by atoms with van der Waals surface area (Å²) in [6, 6.07) is 0.730. The average Bonchev–Trinajstić information content (AvgIpc) is 2.42. The lowest BCUT2D eigenvalue weighted by atomic mass is 9.85. The van der Waals surface area contributed by atoms with E-state index in [0.29, 0.717) is 0 Å². The summed E-state index contributed by atoms with van der Waals surface area (Å²) < 4.78 is 5.87. The Morgan fingerprint density at radius 3 is 2.63 bits per heavy atom. The minimum atomic E-state index is 0.730. The number of hydrogen-bond donors (Lipinski definition) is 1. The van der Waals surface area contributed by atoms with Crippen molar-refractivity contribution in [3.8, 4) is 0 Å². The zero-order valence-electron chi connectivity index (χ0n) is 12.7. The summed E-state index contributed by atoms with van der Waals surface area (Å²) in [5.74, 6) is 2.37. The van der Waals surface area contributed by atoms with Crippen LogP contribution in [0.4, 0.5) is 0 Å². The fraction of sp³-hybridized carbons (Fsp3) is 0.882. The molecule has 0 radical (unpaired) electrons. The summed E-state index contributed by atoms with van der Waals surface area (Å²) in [5, 5.41) is 3.68. The third kappa shape index (κ3) is 4.92. The lowest BCUT2D eigenvalue weighted by Gasteiger charge is -2.30. The Kier molecular flexibility index (Phi) is 6.39. The fourth-order valence-corrected chi connectivity index (χ4v) is 3.41. The van der Waals surface area contributed by atoms with Gasteiger partial charge < -0.3 is 10.1 Å². The minimum Gasteiger partial charge on any atom is -0.380 e. The maximum atomic E-state index is 5.87. The number of ether oxygens (including phenoxy) is 1. The Morgan fingerprint density at radius 1 is 1.05 bits per heavy atom. The number of hydrogen-bond acceptors (Lipinski definition) is 2. The molecular weight excluding hydrogens is 234 g/mol. The van der Waals surface area contributed by atoms with Crippen molar-refractivity contribution < 1.29 is 4.74 Å². The Morgan fingerprint density at radius 2 is 1.84 bits per heavy atom. The molecule has 2 aliphatic carbocycles. The monoisotopic (exact) mass is 265 g/mol. The quantitative estimate of drug-likeness (QED) is 0.583. The van der Waals surface area contributed by atoms with Gasteiger partial charge in [-0.3, -0.25) is 0 Å². The van der Waals surface area contributed by atoms with Gasteiger partial charge in [0.1, 0.15) is 0 Å². The van der Waals surface area contributed by atoms with Crippen LogP contribution in [-0.2, 0) is 4.74 Å². The highest BCUT2D eigenvalue weighted by Gasteiger charge is 2.20. The van der Waals surface area contributed by atoms with E-state index in [9.17, 15) is 0 Å². The van der Waals surface area contributed by atoms with Crippen molar-refractivity contribution >= 4 is 0 Å². The molecule has 0 aromatic heterocycles. The van der Waals surface area contributed by atoms with E-state index in [0.717, 1.165) is 43.6 Å². The van der Waals surface area contributed by atoms with Crippen molar-refractivity contribution in [2.24, 2.45) is 17.8 Å². The molecule has 110 valence electrons. The van der Waals surface area contributed by atoms with Gasteiger partial charge in [-0.25, -0.2) is 0 Å². The molecule has 4 atom stereocenters. The van der Waals surface area contributed by atoms with Crippen LogP contribution in [0, 0.1) is 17.8 Å². The molecule has 19 heavy (non-hydrogen) atoms. The second kappa shape index (κ2) is 8.06. The molecule has 0 spiro atoms. The number of nitrogens with one attached hydrogen (secondary N) is 1. The maximum Gasteiger partial charge on any atom is 0.0591 e. The van der Waals surface area contributed by atoms with Crippen molar-refractivity contribution in [2.45, 2.75) is 58.4 Å². The first-order chi connectivity index (χ1) is 9.27. The second-order valence-corrected chi connectivity index (χ2v) is 6.58. The number of allylic oxidation sites excluding steroid dienone is 2. The van der Waals surface area contributed by atoms with Crippen LogP contribution in [-0.4, -0.2) is 25.8 Å². The van der Waals surface area contributed by atoms with Crippen LogP contribution in [0.1, 0.15) is 52.4 Å². The van der Waals surface area contributed by atoms with Gasteiger partial charge in [0.15, 0.2) is 0 Å². The van der Waals surface area contributed by atoms with Crippen LogP contribution in [0.15, 0.2) is 12.2 Å². The summed E-state index contributed by atoms with van der Waals surface area (Å²) in [5.41, 5.74) is 0. The molecule has 2 rings (SSSR count). The van der Waals surface area contributed by atoms with E-state index >= 15 is 0 Å². The molecule has 0 heterocycles. The van der Waals surface area contributed by atoms with E-state index < -0.39 is 0 Å². The first-order valence-electron chi connectivity index (χ1n) is 8.23. The van der Waals surface area contributed by atoms with Crippen molar-refractivity contribution in [3.63, 3.8) is 0 Å². The molecule has 0 aromatic carbocycles. The highest BCUT2D eigenvalue weighted by molar-refractivity contribution is 4.93. The first kappa shape index (κ1) is 15.1. The Labute approximate surface area is 119 Å². The SMILES string of the molecule is CC1CC=CCC1COCCNC1CCCCC1C. The van der Waals surface area contributed by atoms with Gasteiger partial charge in [0.05, 0.1) is 13.2 Å². The van der Waals surface area contributed by atoms with Gasteiger partial charge in [-0.2, -0.15) is 0 Å². The van der Waals surface area contributed by atoms with Crippen molar-refractivity contribution in [2.75, 3.05) is 19.8 Å². The fourth-order valence-electron chi connectivity index (χ4n) is 3.41. The van der Waals surface area contributed by atoms with E-state index in [4.69, 9.17) is 4.74 Å². The molecule has 1 fully saturated rings. The normalized spacial score (nSPS) is 35.5. The third-order valence-electron chi connectivity index (χ3n) is 5.01. The van der Waals surface area contributed by atoms with E-state index in [1.54, 1.807) is 0 Å². The predicted molar refractivity (Wildman–Crippen MR) is 81.3 cm³/mol. The largest absolute Gasteiger partial charge is 0.380 e. The molecule has 1 saturated carbocycles.